The SMILES string of the molecule is CC1Oc2c(ccc3ccccc23)C1(C)C. The van der Waals surface area contributed by atoms with Crippen LogP contribution in [0.1, 0.15) is 26.3 Å². The Morgan fingerprint density at radius 3 is 2.62 bits per heavy atom. The average molecular weight is 212 g/mol. The lowest BCUT2D eigenvalue weighted by Crippen LogP contribution is -2.28. The first-order valence-electron chi connectivity index (χ1n) is 5.79. The Morgan fingerprint density at radius 1 is 1.06 bits per heavy atom. The normalized spacial score (nSPS) is 21.8. The fourth-order valence-electron chi connectivity index (χ4n) is 2.42. The molecule has 16 heavy (non-hydrogen) atoms. The first-order chi connectivity index (χ1) is 7.60. The predicted molar refractivity (Wildman–Crippen MR) is 67.1 cm³/mol. The zero-order valence-corrected chi connectivity index (χ0v) is 9.95. The zero-order chi connectivity index (χ0) is 11.3. The summed E-state index contributed by atoms with van der Waals surface area (Å²) in [4.78, 5) is 0. The lowest BCUT2D eigenvalue weighted by molar-refractivity contribution is 0.187. The summed E-state index contributed by atoms with van der Waals surface area (Å²) in [6.07, 6.45) is 0.244. The van der Waals surface area contributed by atoms with Crippen LogP contribution in [0.5, 0.6) is 5.75 Å². The maximum absolute atomic E-state index is 6.04. The molecule has 0 saturated heterocycles. The Balaban J connectivity index is 2.35. The molecule has 0 saturated carbocycles. The maximum atomic E-state index is 6.04. The van der Waals surface area contributed by atoms with E-state index in [9.17, 15) is 0 Å². The molecule has 2 aromatic carbocycles. The van der Waals surface area contributed by atoms with Gasteiger partial charge in [0.15, 0.2) is 0 Å². The molecule has 0 spiro atoms. The van der Waals surface area contributed by atoms with Gasteiger partial charge in [0.25, 0.3) is 0 Å². The van der Waals surface area contributed by atoms with Crippen molar-refractivity contribution in [3.63, 3.8) is 0 Å². The Kier molecular flexibility index (Phi) is 1.82. The van der Waals surface area contributed by atoms with Gasteiger partial charge in [0, 0.05) is 16.4 Å². The van der Waals surface area contributed by atoms with Crippen molar-refractivity contribution in [2.75, 3.05) is 0 Å². The Morgan fingerprint density at radius 2 is 1.81 bits per heavy atom. The Bertz CT molecular complexity index is 554. The average Bonchev–Trinajstić information content (AvgIpc) is 2.51. The molecule has 0 aliphatic carbocycles. The molecule has 1 atom stereocenters. The summed E-state index contributed by atoms with van der Waals surface area (Å²) in [5.74, 6) is 1.08. The highest BCUT2D eigenvalue weighted by molar-refractivity contribution is 5.90. The molecule has 0 radical (unpaired) electrons. The summed E-state index contributed by atoms with van der Waals surface area (Å²) in [5, 5.41) is 2.49. The molecule has 0 fully saturated rings. The molecule has 0 N–H and O–H groups in total. The molecule has 1 aliphatic rings. The fraction of sp³-hybridized carbons (Fsp3) is 0.333. The smallest absolute Gasteiger partial charge is 0.131 e. The number of benzene rings is 2. The van der Waals surface area contributed by atoms with Gasteiger partial charge in [-0.15, -0.1) is 0 Å². The van der Waals surface area contributed by atoms with E-state index in [-0.39, 0.29) is 11.5 Å². The number of ether oxygens (including phenoxy) is 1. The van der Waals surface area contributed by atoms with Crippen molar-refractivity contribution in [3.05, 3.63) is 42.0 Å². The van der Waals surface area contributed by atoms with E-state index in [2.05, 4.69) is 57.2 Å². The minimum Gasteiger partial charge on any atom is -0.489 e. The summed E-state index contributed by atoms with van der Waals surface area (Å²) in [7, 11) is 0. The third-order valence-electron chi connectivity index (χ3n) is 3.88. The molecule has 82 valence electrons. The minimum absolute atomic E-state index is 0.110. The van der Waals surface area contributed by atoms with Crippen LogP contribution in [0.4, 0.5) is 0 Å². The van der Waals surface area contributed by atoms with Gasteiger partial charge in [0.2, 0.25) is 0 Å². The number of fused-ring (bicyclic) bond motifs is 3. The lowest BCUT2D eigenvalue weighted by Gasteiger charge is -2.21. The van der Waals surface area contributed by atoms with Crippen molar-refractivity contribution < 1.29 is 4.74 Å². The fourth-order valence-corrected chi connectivity index (χ4v) is 2.42. The quantitative estimate of drug-likeness (QED) is 0.643. The highest BCUT2D eigenvalue weighted by atomic mass is 16.5. The minimum atomic E-state index is 0.110. The molecular weight excluding hydrogens is 196 g/mol. The van der Waals surface area contributed by atoms with Crippen molar-refractivity contribution >= 4 is 10.8 Å². The number of hydrogen-bond donors (Lipinski definition) is 0. The monoisotopic (exact) mass is 212 g/mol. The van der Waals surface area contributed by atoms with E-state index in [4.69, 9.17) is 4.74 Å². The third-order valence-corrected chi connectivity index (χ3v) is 3.88. The second-order valence-electron chi connectivity index (χ2n) is 5.15. The standard InChI is InChI=1S/C15H16O/c1-10-15(2,3)13-9-8-11-6-4-5-7-12(11)14(13)16-10/h4-10H,1-3H3. The highest BCUT2D eigenvalue weighted by Gasteiger charge is 2.39. The van der Waals surface area contributed by atoms with E-state index in [1.807, 2.05) is 0 Å². The van der Waals surface area contributed by atoms with E-state index in [0.717, 1.165) is 5.75 Å². The van der Waals surface area contributed by atoms with Gasteiger partial charge in [-0.2, -0.15) is 0 Å². The van der Waals surface area contributed by atoms with Crippen LogP contribution in [0.2, 0.25) is 0 Å². The van der Waals surface area contributed by atoms with E-state index in [1.165, 1.54) is 16.3 Å². The van der Waals surface area contributed by atoms with Crippen LogP contribution < -0.4 is 4.74 Å². The van der Waals surface area contributed by atoms with Crippen molar-refractivity contribution in [2.24, 2.45) is 0 Å². The van der Waals surface area contributed by atoms with Gasteiger partial charge in [-0.3, -0.25) is 0 Å². The van der Waals surface area contributed by atoms with E-state index >= 15 is 0 Å². The van der Waals surface area contributed by atoms with Crippen LogP contribution >= 0.6 is 0 Å². The van der Waals surface area contributed by atoms with Gasteiger partial charge < -0.3 is 4.74 Å². The van der Waals surface area contributed by atoms with Crippen molar-refractivity contribution in [1.82, 2.24) is 0 Å². The molecule has 1 nitrogen and oxygen atoms in total. The Labute approximate surface area is 96.0 Å². The molecule has 0 aromatic heterocycles. The second-order valence-corrected chi connectivity index (χ2v) is 5.15. The van der Waals surface area contributed by atoms with E-state index < -0.39 is 0 Å². The van der Waals surface area contributed by atoms with E-state index in [1.54, 1.807) is 0 Å². The first-order valence-corrected chi connectivity index (χ1v) is 5.79. The summed E-state index contributed by atoms with van der Waals surface area (Å²) in [6, 6.07) is 12.8. The van der Waals surface area contributed by atoms with Crippen LogP contribution in [-0.2, 0) is 5.41 Å². The molecule has 1 heterocycles. The van der Waals surface area contributed by atoms with Gasteiger partial charge in [0.05, 0.1) is 0 Å². The molecule has 0 amide bonds. The number of rotatable bonds is 0. The third kappa shape index (κ3) is 1.12. The molecule has 3 rings (SSSR count). The van der Waals surface area contributed by atoms with Crippen LogP contribution in [0.3, 0.4) is 0 Å². The van der Waals surface area contributed by atoms with Crippen LogP contribution in [0, 0.1) is 0 Å². The lowest BCUT2D eigenvalue weighted by atomic mass is 9.81. The highest BCUT2D eigenvalue weighted by Crippen LogP contribution is 2.46. The number of hydrogen-bond acceptors (Lipinski definition) is 1. The van der Waals surface area contributed by atoms with Crippen molar-refractivity contribution in [1.29, 1.82) is 0 Å². The molecule has 1 aliphatic heterocycles. The molecule has 0 bridgehead atoms. The predicted octanol–water partition coefficient (Wildman–Crippen LogP) is 3.90. The van der Waals surface area contributed by atoms with Gasteiger partial charge in [-0.05, 0) is 12.3 Å². The van der Waals surface area contributed by atoms with Crippen LogP contribution in [-0.4, -0.2) is 6.10 Å². The zero-order valence-electron chi connectivity index (χ0n) is 9.95. The second kappa shape index (κ2) is 3.00. The van der Waals surface area contributed by atoms with Gasteiger partial charge in [-0.1, -0.05) is 50.2 Å². The van der Waals surface area contributed by atoms with Crippen molar-refractivity contribution in [3.8, 4) is 5.75 Å². The molecule has 1 heteroatoms. The van der Waals surface area contributed by atoms with Gasteiger partial charge >= 0.3 is 0 Å². The topological polar surface area (TPSA) is 9.23 Å². The summed E-state index contributed by atoms with van der Waals surface area (Å²) in [6.45, 7) is 6.64. The van der Waals surface area contributed by atoms with Crippen LogP contribution in [0.25, 0.3) is 10.8 Å². The molecular formula is C15H16O. The molecule has 1 unspecified atom stereocenters. The van der Waals surface area contributed by atoms with Crippen molar-refractivity contribution in [2.45, 2.75) is 32.3 Å². The van der Waals surface area contributed by atoms with Gasteiger partial charge in [-0.25, -0.2) is 0 Å². The summed E-state index contributed by atoms with van der Waals surface area (Å²) < 4.78 is 6.04. The van der Waals surface area contributed by atoms with Gasteiger partial charge in [0.1, 0.15) is 11.9 Å². The maximum Gasteiger partial charge on any atom is 0.131 e. The first kappa shape index (κ1) is 9.71. The Hall–Kier alpha value is -1.50. The van der Waals surface area contributed by atoms with E-state index in [0.29, 0.717) is 0 Å². The molecule has 2 aromatic rings. The summed E-state index contributed by atoms with van der Waals surface area (Å²) in [5.41, 5.74) is 1.44. The summed E-state index contributed by atoms with van der Waals surface area (Å²) >= 11 is 0. The van der Waals surface area contributed by atoms with Crippen LogP contribution in [0.15, 0.2) is 36.4 Å². The largest absolute Gasteiger partial charge is 0.489 e.